The van der Waals surface area contributed by atoms with Gasteiger partial charge in [0, 0.05) is 12.5 Å². The molecule has 5 heteroatoms. The maximum Gasteiger partial charge on any atom is 0.223 e. The van der Waals surface area contributed by atoms with Crippen molar-refractivity contribution < 1.29 is 13.9 Å². The van der Waals surface area contributed by atoms with E-state index >= 15 is 0 Å². The van der Waals surface area contributed by atoms with Crippen LogP contribution in [-0.4, -0.2) is 19.0 Å². The molecule has 132 valence electrons. The van der Waals surface area contributed by atoms with Crippen LogP contribution in [0.25, 0.3) is 0 Å². The van der Waals surface area contributed by atoms with Crippen molar-refractivity contribution in [3.05, 3.63) is 59.4 Å². The Balaban J connectivity index is 1.57. The van der Waals surface area contributed by atoms with Crippen LogP contribution in [0.15, 0.2) is 42.5 Å². The molecule has 25 heavy (non-hydrogen) atoms. The second-order valence-corrected chi connectivity index (χ2v) is 6.40. The van der Waals surface area contributed by atoms with Crippen molar-refractivity contribution in [3.8, 4) is 11.5 Å². The van der Waals surface area contributed by atoms with Crippen LogP contribution in [0.4, 0.5) is 4.39 Å². The van der Waals surface area contributed by atoms with Gasteiger partial charge in [0.2, 0.25) is 5.91 Å². The van der Waals surface area contributed by atoms with Gasteiger partial charge < -0.3 is 15.4 Å². The third-order valence-corrected chi connectivity index (χ3v) is 4.46. The number of rotatable bonds is 5. The van der Waals surface area contributed by atoms with Gasteiger partial charge in [0.15, 0.2) is 0 Å². The molecule has 1 amide bonds. The van der Waals surface area contributed by atoms with Gasteiger partial charge in [-0.3, -0.25) is 4.79 Å². The first kappa shape index (κ1) is 17.4. The van der Waals surface area contributed by atoms with Gasteiger partial charge in [0.1, 0.15) is 17.3 Å². The van der Waals surface area contributed by atoms with Crippen LogP contribution in [0.3, 0.4) is 0 Å². The van der Waals surface area contributed by atoms with E-state index in [0.717, 1.165) is 42.8 Å². The summed E-state index contributed by atoms with van der Waals surface area (Å²) in [5.74, 6) is 1.27. The highest BCUT2D eigenvalue weighted by Crippen LogP contribution is 2.26. The molecule has 2 N–H and O–H groups in total. The maximum atomic E-state index is 12.9. The number of carbonyl (C=O) groups excluding carboxylic acids is 1. The number of nitrogens with one attached hydrogen (secondary N) is 2. The Morgan fingerprint density at radius 2 is 1.92 bits per heavy atom. The van der Waals surface area contributed by atoms with Gasteiger partial charge >= 0.3 is 0 Å². The Labute approximate surface area is 147 Å². The molecule has 1 fully saturated rings. The van der Waals surface area contributed by atoms with Gasteiger partial charge in [-0.05, 0) is 74.3 Å². The summed E-state index contributed by atoms with van der Waals surface area (Å²) >= 11 is 0. The molecule has 0 unspecified atom stereocenters. The van der Waals surface area contributed by atoms with Crippen molar-refractivity contribution in [2.45, 2.75) is 26.3 Å². The van der Waals surface area contributed by atoms with Crippen LogP contribution in [0.5, 0.6) is 11.5 Å². The summed E-state index contributed by atoms with van der Waals surface area (Å²) in [5, 5.41) is 6.29. The molecule has 0 aliphatic carbocycles. The number of aryl methyl sites for hydroxylation is 1. The number of hydrogen-bond donors (Lipinski definition) is 2. The lowest BCUT2D eigenvalue weighted by atomic mass is 9.97. The molecule has 2 aromatic rings. The molecule has 0 spiro atoms. The lowest BCUT2D eigenvalue weighted by molar-refractivity contribution is -0.125. The Hall–Kier alpha value is -2.40. The Morgan fingerprint density at radius 1 is 1.20 bits per heavy atom. The zero-order valence-corrected chi connectivity index (χ0v) is 14.3. The van der Waals surface area contributed by atoms with E-state index in [4.69, 9.17) is 4.74 Å². The average Bonchev–Trinajstić information content (AvgIpc) is 2.64. The monoisotopic (exact) mass is 342 g/mol. The summed E-state index contributed by atoms with van der Waals surface area (Å²) in [5.41, 5.74) is 2.00. The predicted octanol–water partition coefficient (Wildman–Crippen LogP) is 3.54. The minimum atomic E-state index is -0.288. The molecular formula is C20H23FN2O2. The predicted molar refractivity (Wildman–Crippen MR) is 95.1 cm³/mol. The Bertz CT molecular complexity index is 725. The minimum absolute atomic E-state index is 0.114. The summed E-state index contributed by atoms with van der Waals surface area (Å²) < 4.78 is 18.7. The normalized spacial score (nSPS) is 15.0. The van der Waals surface area contributed by atoms with E-state index in [9.17, 15) is 9.18 Å². The molecule has 4 nitrogen and oxygen atoms in total. The van der Waals surface area contributed by atoms with E-state index in [0.29, 0.717) is 12.3 Å². The Morgan fingerprint density at radius 3 is 2.60 bits per heavy atom. The molecule has 0 saturated carbocycles. The van der Waals surface area contributed by atoms with Crippen LogP contribution < -0.4 is 15.4 Å². The minimum Gasteiger partial charge on any atom is -0.457 e. The quantitative estimate of drug-likeness (QED) is 0.874. The third kappa shape index (κ3) is 4.79. The van der Waals surface area contributed by atoms with Crippen molar-refractivity contribution in [1.29, 1.82) is 0 Å². The molecule has 0 atom stereocenters. The summed E-state index contributed by atoms with van der Waals surface area (Å²) in [6.45, 7) is 4.29. The number of halogens is 1. The van der Waals surface area contributed by atoms with Crippen molar-refractivity contribution in [1.82, 2.24) is 10.6 Å². The molecule has 1 heterocycles. The molecule has 0 radical (unpaired) electrons. The lowest BCUT2D eigenvalue weighted by Gasteiger charge is -2.21. The van der Waals surface area contributed by atoms with Gasteiger partial charge in [-0.25, -0.2) is 4.39 Å². The molecular weight excluding hydrogens is 319 g/mol. The molecule has 2 aromatic carbocycles. The highest BCUT2D eigenvalue weighted by Gasteiger charge is 2.20. The first-order chi connectivity index (χ1) is 12.1. The molecule has 0 bridgehead atoms. The van der Waals surface area contributed by atoms with Crippen molar-refractivity contribution in [2.24, 2.45) is 5.92 Å². The summed E-state index contributed by atoms with van der Waals surface area (Å²) in [6, 6.07) is 11.8. The number of hydrogen-bond acceptors (Lipinski definition) is 3. The first-order valence-electron chi connectivity index (χ1n) is 8.63. The van der Waals surface area contributed by atoms with E-state index in [-0.39, 0.29) is 17.6 Å². The second kappa shape index (κ2) is 8.12. The number of piperidine rings is 1. The molecule has 1 saturated heterocycles. The van der Waals surface area contributed by atoms with E-state index in [2.05, 4.69) is 10.6 Å². The van der Waals surface area contributed by atoms with Crippen LogP contribution >= 0.6 is 0 Å². The average molecular weight is 342 g/mol. The summed E-state index contributed by atoms with van der Waals surface area (Å²) in [7, 11) is 0. The van der Waals surface area contributed by atoms with Gasteiger partial charge in [0.05, 0.1) is 0 Å². The summed E-state index contributed by atoms with van der Waals surface area (Å²) in [6.07, 6.45) is 1.80. The fourth-order valence-corrected chi connectivity index (χ4v) is 2.98. The van der Waals surface area contributed by atoms with E-state index in [1.165, 1.54) is 12.1 Å². The van der Waals surface area contributed by atoms with Crippen LogP contribution in [0, 0.1) is 18.7 Å². The third-order valence-electron chi connectivity index (χ3n) is 4.46. The van der Waals surface area contributed by atoms with Crippen molar-refractivity contribution in [2.75, 3.05) is 13.1 Å². The van der Waals surface area contributed by atoms with Crippen LogP contribution in [0.2, 0.25) is 0 Å². The zero-order chi connectivity index (χ0) is 17.6. The fraction of sp³-hybridized carbons (Fsp3) is 0.350. The zero-order valence-electron chi connectivity index (χ0n) is 14.3. The standard InChI is InChI=1S/C20H23FN2O2/c1-14-12-15(13-23-20(24)16-8-10-22-11-9-16)2-7-19(14)25-18-5-3-17(21)4-6-18/h2-7,12,16,22H,8-11,13H2,1H3,(H,23,24). The molecule has 1 aliphatic heterocycles. The smallest absolute Gasteiger partial charge is 0.223 e. The highest BCUT2D eigenvalue weighted by atomic mass is 19.1. The summed E-state index contributed by atoms with van der Waals surface area (Å²) in [4.78, 5) is 12.2. The maximum absolute atomic E-state index is 12.9. The van der Waals surface area contributed by atoms with Gasteiger partial charge in [-0.15, -0.1) is 0 Å². The van der Waals surface area contributed by atoms with Gasteiger partial charge in [-0.1, -0.05) is 12.1 Å². The number of amides is 1. The number of ether oxygens (including phenoxy) is 1. The van der Waals surface area contributed by atoms with Crippen molar-refractivity contribution >= 4 is 5.91 Å². The SMILES string of the molecule is Cc1cc(CNC(=O)C2CCNCC2)ccc1Oc1ccc(F)cc1. The van der Waals surface area contributed by atoms with Gasteiger partial charge in [0.25, 0.3) is 0 Å². The topological polar surface area (TPSA) is 50.4 Å². The van der Waals surface area contributed by atoms with E-state index in [1.807, 2.05) is 25.1 Å². The Kier molecular flexibility index (Phi) is 5.66. The van der Waals surface area contributed by atoms with Crippen LogP contribution in [-0.2, 0) is 11.3 Å². The second-order valence-electron chi connectivity index (χ2n) is 6.40. The van der Waals surface area contributed by atoms with E-state index in [1.54, 1.807) is 12.1 Å². The lowest BCUT2D eigenvalue weighted by Crippen LogP contribution is -2.37. The number of carbonyl (C=O) groups is 1. The van der Waals surface area contributed by atoms with E-state index < -0.39 is 0 Å². The fourth-order valence-electron chi connectivity index (χ4n) is 2.98. The van der Waals surface area contributed by atoms with Crippen molar-refractivity contribution in [3.63, 3.8) is 0 Å². The van der Waals surface area contributed by atoms with Crippen LogP contribution in [0.1, 0.15) is 24.0 Å². The first-order valence-corrected chi connectivity index (χ1v) is 8.63. The largest absolute Gasteiger partial charge is 0.457 e. The van der Waals surface area contributed by atoms with Gasteiger partial charge in [-0.2, -0.15) is 0 Å². The molecule has 1 aliphatic rings. The number of benzene rings is 2. The molecule has 3 rings (SSSR count). The highest BCUT2D eigenvalue weighted by molar-refractivity contribution is 5.78. The molecule has 0 aromatic heterocycles.